The van der Waals surface area contributed by atoms with Crippen LogP contribution in [0.5, 0.6) is 0 Å². The minimum atomic E-state index is -0.0349. The van der Waals surface area contributed by atoms with E-state index in [0.717, 1.165) is 40.5 Å². The number of aryl methyl sites for hydroxylation is 2. The Balaban J connectivity index is 1.68. The summed E-state index contributed by atoms with van der Waals surface area (Å²) < 4.78 is 2.01. The Hall–Kier alpha value is -1.93. The summed E-state index contributed by atoms with van der Waals surface area (Å²) in [6.07, 6.45) is 5.01. The molecule has 27 heavy (non-hydrogen) atoms. The van der Waals surface area contributed by atoms with Crippen LogP contribution >= 0.6 is 23.1 Å². The van der Waals surface area contributed by atoms with E-state index in [-0.39, 0.29) is 10.8 Å². The highest BCUT2D eigenvalue weighted by molar-refractivity contribution is 7.99. The largest absolute Gasteiger partial charge is 0.309 e. The molecule has 1 aliphatic rings. The summed E-state index contributed by atoms with van der Waals surface area (Å²) in [5, 5.41) is 9.98. The molecule has 8 heteroatoms. The quantitative estimate of drug-likeness (QED) is 0.516. The van der Waals surface area contributed by atoms with Gasteiger partial charge >= 0.3 is 0 Å². The number of thiophene rings is 1. The van der Waals surface area contributed by atoms with E-state index in [1.54, 1.807) is 23.1 Å². The van der Waals surface area contributed by atoms with Gasteiger partial charge in [0.2, 0.25) is 0 Å². The molecule has 3 aromatic rings. The third-order valence-electron chi connectivity index (χ3n) is 5.06. The molecular weight excluding hydrogens is 378 g/mol. The molecule has 0 amide bonds. The number of H-pyrrole nitrogens is 1. The fraction of sp³-hybridized carbons (Fsp3) is 0.474. The van der Waals surface area contributed by atoms with E-state index in [2.05, 4.69) is 28.7 Å². The summed E-state index contributed by atoms with van der Waals surface area (Å²) in [5.41, 5.74) is 1.20. The lowest BCUT2D eigenvalue weighted by Gasteiger charge is -2.17. The van der Waals surface area contributed by atoms with Crippen molar-refractivity contribution < 1.29 is 0 Å². The molecule has 3 aromatic heterocycles. The van der Waals surface area contributed by atoms with Crippen molar-refractivity contribution in [3.8, 4) is 0 Å². The molecule has 0 aromatic carbocycles. The number of hydrogen-bond donors (Lipinski definition) is 1. The fourth-order valence-corrected chi connectivity index (χ4v) is 5.91. The average Bonchev–Trinajstić information content (AvgIpc) is 3.16. The predicted molar refractivity (Wildman–Crippen MR) is 111 cm³/mol. The van der Waals surface area contributed by atoms with Crippen molar-refractivity contribution in [2.45, 2.75) is 57.0 Å². The Bertz CT molecular complexity index is 1060. The average molecular weight is 402 g/mol. The van der Waals surface area contributed by atoms with Gasteiger partial charge in [-0.05, 0) is 44.6 Å². The second-order valence-electron chi connectivity index (χ2n) is 7.17. The Morgan fingerprint density at radius 3 is 3.07 bits per heavy atom. The lowest BCUT2D eigenvalue weighted by Crippen LogP contribution is -2.15. The number of fused-ring (bicyclic) bond motifs is 3. The zero-order valence-corrected chi connectivity index (χ0v) is 17.4. The molecule has 142 valence electrons. The van der Waals surface area contributed by atoms with Gasteiger partial charge in [-0.25, -0.2) is 4.98 Å². The van der Waals surface area contributed by atoms with Crippen LogP contribution in [-0.4, -0.2) is 24.7 Å². The van der Waals surface area contributed by atoms with Crippen molar-refractivity contribution in [2.75, 3.05) is 0 Å². The zero-order chi connectivity index (χ0) is 19.1. The van der Waals surface area contributed by atoms with E-state index in [1.165, 1.54) is 10.4 Å². The van der Waals surface area contributed by atoms with E-state index in [4.69, 9.17) is 4.98 Å². The van der Waals surface area contributed by atoms with Gasteiger partial charge in [0.1, 0.15) is 16.5 Å². The van der Waals surface area contributed by atoms with Crippen LogP contribution < -0.4 is 5.56 Å². The van der Waals surface area contributed by atoms with Crippen molar-refractivity contribution in [1.29, 1.82) is 0 Å². The van der Waals surface area contributed by atoms with E-state index < -0.39 is 0 Å². The molecule has 0 saturated carbocycles. The van der Waals surface area contributed by atoms with E-state index in [9.17, 15) is 4.79 Å². The van der Waals surface area contributed by atoms with E-state index in [1.807, 2.05) is 24.5 Å². The summed E-state index contributed by atoms with van der Waals surface area (Å²) in [7, 11) is 0. The van der Waals surface area contributed by atoms with Crippen molar-refractivity contribution in [1.82, 2.24) is 24.7 Å². The lowest BCUT2D eigenvalue weighted by molar-refractivity contribution is 0.509. The number of thioether (sulfide) groups is 1. The zero-order valence-electron chi connectivity index (χ0n) is 15.8. The van der Waals surface area contributed by atoms with Gasteiger partial charge in [0.05, 0.1) is 10.6 Å². The Morgan fingerprint density at radius 2 is 2.30 bits per heavy atom. The fourth-order valence-electron chi connectivity index (χ4n) is 3.56. The van der Waals surface area contributed by atoms with Gasteiger partial charge in [0, 0.05) is 11.4 Å². The van der Waals surface area contributed by atoms with Crippen LogP contribution in [0.4, 0.5) is 0 Å². The number of nitrogens with one attached hydrogen (secondary N) is 1. The molecule has 6 nitrogen and oxygen atoms in total. The van der Waals surface area contributed by atoms with Crippen molar-refractivity contribution in [3.05, 3.63) is 45.1 Å². The molecule has 2 atom stereocenters. The normalized spacial score (nSPS) is 17.8. The van der Waals surface area contributed by atoms with Gasteiger partial charge in [-0.3, -0.25) is 4.79 Å². The third-order valence-corrected chi connectivity index (χ3v) is 7.30. The van der Waals surface area contributed by atoms with E-state index in [0.29, 0.717) is 18.3 Å². The first-order chi connectivity index (χ1) is 13.0. The number of nitrogens with zero attached hydrogens (tertiary/aromatic N) is 4. The highest BCUT2D eigenvalue weighted by Crippen LogP contribution is 2.37. The molecule has 0 fully saturated rings. The summed E-state index contributed by atoms with van der Waals surface area (Å²) in [5.74, 6) is 2.22. The molecule has 1 N–H and O–H groups in total. The molecule has 3 heterocycles. The molecule has 1 aliphatic carbocycles. The Kier molecular flexibility index (Phi) is 4.94. The maximum absolute atomic E-state index is 12.8. The maximum Gasteiger partial charge on any atom is 0.259 e. The smallest absolute Gasteiger partial charge is 0.259 e. The third kappa shape index (κ3) is 3.36. The summed E-state index contributed by atoms with van der Waals surface area (Å²) in [4.78, 5) is 22.8. The second kappa shape index (κ2) is 7.24. The lowest BCUT2D eigenvalue weighted by atomic mass is 9.89. The van der Waals surface area contributed by atoms with Gasteiger partial charge in [-0.2, -0.15) is 0 Å². The molecule has 0 unspecified atom stereocenters. The van der Waals surface area contributed by atoms with Crippen LogP contribution in [0, 0.1) is 12.8 Å². The topological polar surface area (TPSA) is 76.5 Å². The van der Waals surface area contributed by atoms with Gasteiger partial charge in [-0.1, -0.05) is 24.8 Å². The molecular formula is C19H23N5OS2. The summed E-state index contributed by atoms with van der Waals surface area (Å²) in [6, 6.07) is 0. The van der Waals surface area contributed by atoms with Gasteiger partial charge in [0.25, 0.3) is 5.56 Å². The first-order valence-corrected chi connectivity index (χ1v) is 10.9. The van der Waals surface area contributed by atoms with Crippen molar-refractivity contribution >= 4 is 33.3 Å². The first-order valence-electron chi connectivity index (χ1n) is 9.19. The summed E-state index contributed by atoms with van der Waals surface area (Å²) >= 11 is 3.23. The molecule has 0 bridgehead atoms. The van der Waals surface area contributed by atoms with Crippen LogP contribution in [0.3, 0.4) is 0 Å². The Labute approximate surface area is 166 Å². The van der Waals surface area contributed by atoms with Gasteiger partial charge in [-0.15, -0.1) is 28.1 Å². The second-order valence-corrected chi connectivity index (χ2v) is 9.56. The minimum Gasteiger partial charge on any atom is -0.309 e. The predicted octanol–water partition coefficient (Wildman–Crippen LogP) is 4.05. The molecule has 0 aliphatic heterocycles. The summed E-state index contributed by atoms with van der Waals surface area (Å²) in [6.45, 7) is 10.7. The van der Waals surface area contributed by atoms with Crippen molar-refractivity contribution in [3.63, 3.8) is 0 Å². The number of hydrogen-bond acceptors (Lipinski definition) is 6. The van der Waals surface area contributed by atoms with Crippen LogP contribution in [0.25, 0.3) is 10.2 Å². The highest BCUT2D eigenvalue weighted by Gasteiger charge is 2.24. The number of rotatable bonds is 5. The SMILES string of the molecule is C=CCn1c(C)nnc1S[C@H](C)c1nc2sc3c(c2c(=O)[nH]1)CC[C@H](C)C3. The van der Waals surface area contributed by atoms with Crippen LogP contribution in [-0.2, 0) is 19.4 Å². The number of aromatic amines is 1. The highest BCUT2D eigenvalue weighted by atomic mass is 32.2. The minimum absolute atomic E-state index is 0.0155. The van der Waals surface area contributed by atoms with Crippen LogP contribution in [0.15, 0.2) is 22.6 Å². The van der Waals surface area contributed by atoms with Gasteiger partial charge in [0.15, 0.2) is 5.16 Å². The van der Waals surface area contributed by atoms with Gasteiger partial charge < -0.3 is 9.55 Å². The van der Waals surface area contributed by atoms with Crippen LogP contribution in [0.1, 0.15) is 47.6 Å². The molecule has 0 spiro atoms. The number of allylic oxidation sites excluding steroid dienone is 1. The number of aromatic nitrogens is 5. The van der Waals surface area contributed by atoms with Crippen molar-refractivity contribution in [2.24, 2.45) is 5.92 Å². The Morgan fingerprint density at radius 1 is 1.48 bits per heavy atom. The molecule has 4 rings (SSSR count). The van der Waals surface area contributed by atoms with E-state index >= 15 is 0 Å². The monoisotopic (exact) mass is 401 g/mol. The molecule has 0 radical (unpaired) electrons. The molecule has 0 saturated heterocycles. The standard InChI is InChI=1S/C19H23N5OS2/c1-5-8-24-12(4)22-23-19(24)26-11(3)16-20-17(25)15-13-7-6-10(2)9-14(13)27-18(15)21-16/h5,10-11H,1,6-9H2,2-4H3,(H,20,21,25)/t10-,11+/m0/s1. The first kappa shape index (κ1) is 18.4. The van der Waals surface area contributed by atoms with Crippen LogP contribution in [0.2, 0.25) is 0 Å². The maximum atomic E-state index is 12.8.